The lowest BCUT2D eigenvalue weighted by molar-refractivity contribution is -0.128. The van der Waals surface area contributed by atoms with E-state index in [9.17, 15) is 4.79 Å². The zero-order valence-corrected chi connectivity index (χ0v) is 28.1. The number of thiazole rings is 1. The number of pyridine rings is 1. The van der Waals surface area contributed by atoms with E-state index < -0.39 is 0 Å². The van der Waals surface area contributed by atoms with Crippen LogP contribution in [0.3, 0.4) is 0 Å². The smallest absolute Gasteiger partial charge is 0.269 e. The zero-order chi connectivity index (χ0) is 31.5. The number of carbonyl (C=O) groups excluding carboxylic acids is 1. The molecule has 3 aliphatic heterocycles. The molecule has 4 aromatic rings. The number of aryl methyl sites for hydroxylation is 1. The Morgan fingerprint density at radius 3 is 2.39 bits per heavy atom. The molecule has 3 aromatic heterocycles. The molecule has 0 aliphatic carbocycles. The lowest BCUT2D eigenvalue weighted by Crippen LogP contribution is -2.40. The number of nitrogens with one attached hydrogen (secondary N) is 1. The molecule has 1 amide bonds. The number of rotatable bonds is 4. The van der Waals surface area contributed by atoms with E-state index in [1.807, 2.05) is 37.1 Å². The van der Waals surface area contributed by atoms with Crippen molar-refractivity contribution in [2.75, 3.05) is 38.5 Å². The van der Waals surface area contributed by atoms with Gasteiger partial charge < -0.3 is 15.1 Å². The molecule has 1 unspecified atom stereocenters. The van der Waals surface area contributed by atoms with Crippen LogP contribution >= 0.6 is 11.3 Å². The van der Waals surface area contributed by atoms with Crippen LogP contribution in [-0.4, -0.2) is 76.0 Å². The number of carbonyl (C=O) groups is 1. The number of hydrogen-bond donors (Lipinski definition) is 1. The normalized spacial score (nSPS) is 18.4. The van der Waals surface area contributed by atoms with Crippen molar-refractivity contribution in [3.8, 4) is 0 Å². The summed E-state index contributed by atoms with van der Waals surface area (Å²) < 4.78 is 3.09. The van der Waals surface area contributed by atoms with Gasteiger partial charge in [-0.1, -0.05) is 58.5 Å². The maximum Gasteiger partial charge on any atom is 0.269 e. The summed E-state index contributed by atoms with van der Waals surface area (Å²) in [6.07, 6.45) is 14.2. The SMILES string of the molecule is C=C(Nc1cncc2cnn(C)c12)C(=O)N1CCCC(C)C1.CC.CN1CCC(c2nc3ccccc3s2)CC1.[B]1CCC1. The number of likely N-dealkylation sites (tertiary alicyclic amines) is 2. The number of fused-ring (bicyclic) bond motifs is 2. The van der Waals surface area contributed by atoms with Gasteiger partial charge in [0.1, 0.15) is 7.28 Å². The maximum atomic E-state index is 12.5. The molecule has 3 aliphatic rings. The molecule has 1 N–H and O–H groups in total. The minimum Gasteiger partial charge on any atom is -0.348 e. The molecule has 0 spiro atoms. The van der Waals surface area contributed by atoms with E-state index in [1.165, 1.54) is 66.6 Å². The maximum absolute atomic E-state index is 12.5. The lowest BCUT2D eigenvalue weighted by Gasteiger charge is -2.31. The second-order valence-corrected chi connectivity index (χ2v) is 12.9. The van der Waals surface area contributed by atoms with Gasteiger partial charge in [-0.25, -0.2) is 4.98 Å². The molecule has 1 radical (unpaired) electrons. The molecule has 6 heterocycles. The Hall–Kier alpha value is -3.24. The monoisotopic (exact) mass is 614 g/mol. The molecule has 235 valence electrons. The van der Waals surface area contributed by atoms with Gasteiger partial charge in [-0.15, -0.1) is 11.3 Å². The fourth-order valence-corrected chi connectivity index (χ4v) is 6.67. The quantitative estimate of drug-likeness (QED) is 0.193. The molecule has 44 heavy (non-hydrogen) atoms. The Morgan fingerprint density at radius 1 is 1.02 bits per heavy atom. The highest BCUT2D eigenvalue weighted by atomic mass is 32.1. The van der Waals surface area contributed by atoms with Crippen LogP contribution in [0.15, 0.2) is 55.1 Å². The van der Waals surface area contributed by atoms with Gasteiger partial charge in [-0.2, -0.15) is 5.10 Å². The third-order valence-electron chi connectivity index (χ3n) is 8.32. The van der Waals surface area contributed by atoms with Gasteiger partial charge in [0.05, 0.1) is 44.5 Å². The van der Waals surface area contributed by atoms with E-state index in [2.05, 4.69) is 72.4 Å². The minimum atomic E-state index is -0.0364. The fraction of sp³-hybridized carbons (Fsp3) is 0.529. The number of nitrogens with zero attached hydrogens (tertiary/aromatic N) is 6. The Bertz CT molecular complexity index is 1450. The molecule has 0 saturated carbocycles. The van der Waals surface area contributed by atoms with Crippen molar-refractivity contribution < 1.29 is 4.79 Å². The molecular formula is C34H49BN7OS. The number of aromatic nitrogens is 4. The van der Waals surface area contributed by atoms with E-state index >= 15 is 0 Å². The van der Waals surface area contributed by atoms with Crippen molar-refractivity contribution >= 4 is 51.3 Å². The molecule has 8 nitrogen and oxygen atoms in total. The summed E-state index contributed by atoms with van der Waals surface area (Å²) in [5.74, 6) is 1.20. The van der Waals surface area contributed by atoms with Crippen LogP contribution in [0.5, 0.6) is 0 Å². The third-order valence-corrected chi connectivity index (χ3v) is 9.52. The number of piperidine rings is 2. The van der Waals surface area contributed by atoms with Crippen LogP contribution in [-0.2, 0) is 11.8 Å². The Balaban J connectivity index is 0.000000175. The Morgan fingerprint density at radius 2 is 1.73 bits per heavy atom. The first-order chi connectivity index (χ1) is 21.4. The van der Waals surface area contributed by atoms with Crippen molar-refractivity contribution in [1.29, 1.82) is 0 Å². The minimum absolute atomic E-state index is 0.0364. The number of anilines is 1. The molecule has 0 bridgehead atoms. The van der Waals surface area contributed by atoms with E-state index in [-0.39, 0.29) is 5.91 Å². The van der Waals surface area contributed by atoms with Crippen molar-refractivity contribution in [2.45, 2.75) is 71.4 Å². The summed E-state index contributed by atoms with van der Waals surface area (Å²) >= 11 is 1.88. The summed E-state index contributed by atoms with van der Waals surface area (Å²) in [4.78, 5) is 25.8. The number of benzene rings is 1. The molecule has 10 heteroatoms. The summed E-state index contributed by atoms with van der Waals surface area (Å²) in [5, 5.41) is 9.61. The van der Waals surface area contributed by atoms with Gasteiger partial charge in [0.25, 0.3) is 5.91 Å². The second kappa shape index (κ2) is 16.7. The Labute approximate surface area is 268 Å². The summed E-state index contributed by atoms with van der Waals surface area (Å²) in [7, 11) is 6.37. The van der Waals surface area contributed by atoms with Crippen LogP contribution in [0.25, 0.3) is 21.1 Å². The zero-order valence-electron chi connectivity index (χ0n) is 27.3. The van der Waals surface area contributed by atoms with Crippen molar-refractivity contribution in [3.63, 3.8) is 0 Å². The van der Waals surface area contributed by atoms with Crippen LogP contribution in [0.1, 0.15) is 63.8 Å². The van der Waals surface area contributed by atoms with Crippen molar-refractivity contribution in [1.82, 2.24) is 29.5 Å². The summed E-state index contributed by atoms with van der Waals surface area (Å²) in [5.41, 5.74) is 3.21. The summed E-state index contributed by atoms with van der Waals surface area (Å²) in [6, 6.07) is 8.45. The predicted molar refractivity (Wildman–Crippen MR) is 187 cm³/mol. The average molecular weight is 615 g/mol. The highest BCUT2D eigenvalue weighted by Gasteiger charge is 2.24. The number of para-hydroxylation sites is 1. The van der Waals surface area contributed by atoms with E-state index in [1.54, 1.807) is 23.3 Å². The molecular weight excluding hydrogens is 565 g/mol. The van der Waals surface area contributed by atoms with Gasteiger partial charge in [-0.3, -0.25) is 14.5 Å². The van der Waals surface area contributed by atoms with Crippen LogP contribution in [0.4, 0.5) is 5.69 Å². The highest BCUT2D eigenvalue weighted by Crippen LogP contribution is 2.33. The number of hydrogen-bond acceptors (Lipinski definition) is 7. The van der Waals surface area contributed by atoms with E-state index in [0.29, 0.717) is 17.5 Å². The molecule has 3 fully saturated rings. The highest BCUT2D eigenvalue weighted by molar-refractivity contribution is 7.18. The predicted octanol–water partition coefficient (Wildman–Crippen LogP) is 7.22. The summed E-state index contributed by atoms with van der Waals surface area (Å²) in [6.45, 7) is 14.1. The first-order valence-corrected chi connectivity index (χ1v) is 17.1. The molecule has 1 aromatic carbocycles. The largest absolute Gasteiger partial charge is 0.348 e. The van der Waals surface area contributed by atoms with Crippen LogP contribution in [0.2, 0.25) is 12.6 Å². The topological polar surface area (TPSA) is 79.2 Å². The fourth-order valence-electron chi connectivity index (χ4n) is 5.53. The van der Waals surface area contributed by atoms with Crippen LogP contribution < -0.4 is 5.32 Å². The van der Waals surface area contributed by atoms with Gasteiger partial charge in [-0.05, 0) is 63.9 Å². The standard InChI is InChI=1S/C16H21N5O.C13H16N2S.C3H6B.C2H6/c1-11-5-4-6-21(10-11)16(22)12(2)19-14-9-17-7-13-8-18-20(3)15(13)14;1-15-8-6-10(7-9-15)13-14-11-4-2-3-5-12(11)16-13;1-2-4-3-1;1-2/h7-9,11,19H,2,4-6,10H2,1,3H3;2-5,10H,6-9H2,1H3;1-3H2;1-2H3. The third kappa shape index (κ3) is 8.91. The molecule has 7 rings (SSSR count). The van der Waals surface area contributed by atoms with Gasteiger partial charge in [0, 0.05) is 37.6 Å². The van der Waals surface area contributed by atoms with Crippen LogP contribution in [0, 0.1) is 5.92 Å². The lowest BCUT2D eigenvalue weighted by atomic mass is 9.58. The molecule has 3 saturated heterocycles. The van der Waals surface area contributed by atoms with E-state index in [0.717, 1.165) is 36.1 Å². The number of amides is 1. The first kappa shape index (κ1) is 33.7. The average Bonchev–Trinajstić information content (AvgIpc) is 3.62. The van der Waals surface area contributed by atoms with Gasteiger partial charge in [0.15, 0.2) is 0 Å². The molecule has 1 atom stereocenters. The van der Waals surface area contributed by atoms with Gasteiger partial charge in [0.2, 0.25) is 0 Å². The van der Waals surface area contributed by atoms with Crippen molar-refractivity contribution in [2.24, 2.45) is 13.0 Å². The first-order valence-electron chi connectivity index (χ1n) is 16.3. The van der Waals surface area contributed by atoms with Crippen molar-refractivity contribution in [3.05, 3.63) is 60.1 Å². The van der Waals surface area contributed by atoms with E-state index in [4.69, 9.17) is 4.98 Å². The second-order valence-electron chi connectivity index (χ2n) is 11.8. The Kier molecular flexibility index (Phi) is 12.8. The van der Waals surface area contributed by atoms with Gasteiger partial charge >= 0.3 is 0 Å².